The molecule has 1 aromatic heterocycles. The Morgan fingerprint density at radius 1 is 1.61 bits per heavy atom. The molecule has 5 heteroatoms. The van der Waals surface area contributed by atoms with Gasteiger partial charge in [0.2, 0.25) is 5.91 Å². The smallest absolute Gasteiger partial charge is 0.249 e. The second-order valence-corrected chi connectivity index (χ2v) is 4.74. The first-order chi connectivity index (χ1) is 8.68. The van der Waals surface area contributed by atoms with Crippen molar-refractivity contribution in [1.82, 2.24) is 10.2 Å². The fourth-order valence-corrected chi connectivity index (χ4v) is 2.11. The van der Waals surface area contributed by atoms with Crippen molar-refractivity contribution in [3.63, 3.8) is 0 Å². The molecule has 1 aliphatic heterocycles. The second kappa shape index (κ2) is 6.02. The van der Waals surface area contributed by atoms with Gasteiger partial charge < -0.3 is 14.5 Å². The predicted molar refractivity (Wildman–Crippen MR) is 67.1 cm³/mol. The fourth-order valence-electron chi connectivity index (χ4n) is 2.11. The molecule has 0 radical (unpaired) electrons. The summed E-state index contributed by atoms with van der Waals surface area (Å²) in [6.45, 7) is 1.21. The first kappa shape index (κ1) is 13.1. The van der Waals surface area contributed by atoms with Crippen LogP contribution in [0.25, 0.3) is 0 Å². The van der Waals surface area contributed by atoms with Gasteiger partial charge in [0, 0.05) is 13.2 Å². The van der Waals surface area contributed by atoms with E-state index in [1.165, 1.54) is 0 Å². The van der Waals surface area contributed by atoms with E-state index < -0.39 is 0 Å². The Balaban J connectivity index is 1.88. The molecule has 2 atom stereocenters. The maximum atomic E-state index is 11.9. The molecule has 0 unspecified atom stereocenters. The summed E-state index contributed by atoms with van der Waals surface area (Å²) < 4.78 is 10.7. The average molecular weight is 252 g/mol. The van der Waals surface area contributed by atoms with Gasteiger partial charge in [0.15, 0.2) is 0 Å². The highest BCUT2D eigenvalue weighted by Gasteiger charge is 2.25. The lowest BCUT2D eigenvalue weighted by atomic mass is 10.2. The second-order valence-electron chi connectivity index (χ2n) is 4.74. The Morgan fingerprint density at radius 3 is 3.00 bits per heavy atom. The first-order valence-corrected chi connectivity index (χ1v) is 6.27. The van der Waals surface area contributed by atoms with Crippen LogP contribution >= 0.6 is 0 Å². The van der Waals surface area contributed by atoms with Crippen molar-refractivity contribution < 1.29 is 13.9 Å². The SMILES string of the molecule is CN(C)[C@@H](CNC(=O)[C@@H]1CCCO1)c1ccco1. The number of likely N-dealkylation sites (N-methyl/N-ethyl adjacent to an activating group) is 1. The summed E-state index contributed by atoms with van der Waals surface area (Å²) in [4.78, 5) is 13.9. The molecule has 0 aromatic carbocycles. The monoisotopic (exact) mass is 252 g/mol. The number of amides is 1. The van der Waals surface area contributed by atoms with Crippen LogP contribution in [0, 0.1) is 0 Å². The molecule has 1 fully saturated rings. The van der Waals surface area contributed by atoms with Crippen LogP contribution in [0.4, 0.5) is 0 Å². The molecule has 100 valence electrons. The summed E-state index contributed by atoms with van der Waals surface area (Å²) in [5, 5.41) is 2.93. The van der Waals surface area contributed by atoms with Crippen LogP contribution < -0.4 is 5.32 Å². The van der Waals surface area contributed by atoms with Crippen molar-refractivity contribution in [2.45, 2.75) is 25.0 Å². The van der Waals surface area contributed by atoms with Gasteiger partial charge in [-0.3, -0.25) is 9.69 Å². The summed E-state index contributed by atoms with van der Waals surface area (Å²) in [6.07, 6.45) is 3.16. The maximum absolute atomic E-state index is 11.9. The third-order valence-electron chi connectivity index (χ3n) is 3.19. The Kier molecular flexibility index (Phi) is 4.38. The highest BCUT2D eigenvalue weighted by atomic mass is 16.5. The number of ether oxygens (including phenoxy) is 1. The number of nitrogens with zero attached hydrogens (tertiary/aromatic N) is 1. The van der Waals surface area contributed by atoms with Gasteiger partial charge in [0.25, 0.3) is 0 Å². The van der Waals surface area contributed by atoms with Gasteiger partial charge >= 0.3 is 0 Å². The van der Waals surface area contributed by atoms with E-state index >= 15 is 0 Å². The molecule has 0 aliphatic carbocycles. The highest BCUT2D eigenvalue weighted by molar-refractivity contribution is 5.80. The molecule has 18 heavy (non-hydrogen) atoms. The predicted octanol–water partition coefficient (Wildman–Crippen LogP) is 1.18. The van der Waals surface area contributed by atoms with Gasteiger partial charge in [-0.1, -0.05) is 0 Å². The summed E-state index contributed by atoms with van der Waals surface area (Å²) >= 11 is 0. The average Bonchev–Trinajstić information content (AvgIpc) is 3.01. The quantitative estimate of drug-likeness (QED) is 0.855. The van der Waals surface area contributed by atoms with E-state index in [2.05, 4.69) is 5.32 Å². The van der Waals surface area contributed by atoms with E-state index in [0.717, 1.165) is 18.6 Å². The van der Waals surface area contributed by atoms with Crippen LogP contribution in [0.15, 0.2) is 22.8 Å². The van der Waals surface area contributed by atoms with Crippen LogP contribution in [0.5, 0.6) is 0 Å². The van der Waals surface area contributed by atoms with Crippen LogP contribution in [0.2, 0.25) is 0 Å². The van der Waals surface area contributed by atoms with Crippen molar-refractivity contribution in [3.05, 3.63) is 24.2 Å². The van der Waals surface area contributed by atoms with Crippen molar-refractivity contribution >= 4 is 5.91 Å². The fraction of sp³-hybridized carbons (Fsp3) is 0.615. The maximum Gasteiger partial charge on any atom is 0.249 e. The molecule has 1 N–H and O–H groups in total. The van der Waals surface area contributed by atoms with E-state index in [4.69, 9.17) is 9.15 Å². The lowest BCUT2D eigenvalue weighted by molar-refractivity contribution is -0.130. The molecular formula is C13H20N2O3. The summed E-state index contributed by atoms with van der Waals surface area (Å²) in [5.74, 6) is 0.832. The number of carbonyl (C=O) groups excluding carboxylic acids is 1. The van der Waals surface area contributed by atoms with Crippen LogP contribution in [-0.2, 0) is 9.53 Å². The lowest BCUT2D eigenvalue weighted by Crippen LogP contribution is -2.39. The van der Waals surface area contributed by atoms with Gasteiger partial charge in [0.05, 0.1) is 12.3 Å². The zero-order chi connectivity index (χ0) is 13.0. The molecule has 0 spiro atoms. The number of hydrogen-bond acceptors (Lipinski definition) is 4. The van der Waals surface area contributed by atoms with E-state index in [0.29, 0.717) is 13.2 Å². The Morgan fingerprint density at radius 2 is 2.44 bits per heavy atom. The van der Waals surface area contributed by atoms with Crippen molar-refractivity contribution in [3.8, 4) is 0 Å². The molecule has 1 amide bonds. The largest absolute Gasteiger partial charge is 0.468 e. The number of hydrogen-bond donors (Lipinski definition) is 1. The Labute approximate surface area is 107 Å². The van der Waals surface area contributed by atoms with Gasteiger partial charge in [-0.15, -0.1) is 0 Å². The van der Waals surface area contributed by atoms with Crippen molar-refractivity contribution in [1.29, 1.82) is 0 Å². The molecular weight excluding hydrogens is 232 g/mol. The molecule has 2 rings (SSSR count). The third kappa shape index (κ3) is 3.11. The number of rotatable bonds is 5. The normalized spacial score (nSPS) is 21.2. The van der Waals surface area contributed by atoms with E-state index in [1.54, 1.807) is 6.26 Å². The number of furan rings is 1. The van der Waals surface area contributed by atoms with E-state index in [-0.39, 0.29) is 18.1 Å². The summed E-state index contributed by atoms with van der Waals surface area (Å²) in [7, 11) is 3.93. The van der Waals surface area contributed by atoms with Crippen LogP contribution in [-0.4, -0.2) is 44.2 Å². The summed E-state index contributed by atoms with van der Waals surface area (Å²) in [5.41, 5.74) is 0. The van der Waals surface area contributed by atoms with E-state index in [9.17, 15) is 4.79 Å². The van der Waals surface area contributed by atoms with Crippen LogP contribution in [0.3, 0.4) is 0 Å². The van der Waals surface area contributed by atoms with Gasteiger partial charge in [-0.25, -0.2) is 0 Å². The first-order valence-electron chi connectivity index (χ1n) is 6.27. The zero-order valence-corrected chi connectivity index (χ0v) is 10.9. The van der Waals surface area contributed by atoms with Crippen molar-refractivity contribution in [2.75, 3.05) is 27.2 Å². The zero-order valence-electron chi connectivity index (χ0n) is 10.9. The van der Waals surface area contributed by atoms with Crippen LogP contribution in [0.1, 0.15) is 24.6 Å². The summed E-state index contributed by atoms with van der Waals surface area (Å²) in [6, 6.07) is 3.82. The van der Waals surface area contributed by atoms with Gasteiger partial charge in [0.1, 0.15) is 11.9 Å². The minimum atomic E-state index is -0.274. The van der Waals surface area contributed by atoms with Gasteiger partial charge in [-0.2, -0.15) is 0 Å². The lowest BCUT2D eigenvalue weighted by Gasteiger charge is -2.23. The van der Waals surface area contributed by atoms with Gasteiger partial charge in [-0.05, 0) is 39.1 Å². The van der Waals surface area contributed by atoms with E-state index in [1.807, 2.05) is 31.1 Å². The standard InChI is InChI=1S/C13H20N2O3/c1-15(2)10(11-5-3-7-17-11)9-14-13(16)12-6-4-8-18-12/h3,5,7,10,12H,4,6,8-9H2,1-2H3,(H,14,16)/t10-,12-/m0/s1. The minimum Gasteiger partial charge on any atom is -0.468 e. The highest BCUT2D eigenvalue weighted by Crippen LogP contribution is 2.18. The topological polar surface area (TPSA) is 54.7 Å². The Bertz CT molecular complexity index is 370. The van der Waals surface area contributed by atoms with Crippen molar-refractivity contribution in [2.24, 2.45) is 0 Å². The number of nitrogens with one attached hydrogen (secondary N) is 1. The number of carbonyl (C=O) groups is 1. The molecule has 0 saturated carbocycles. The molecule has 5 nitrogen and oxygen atoms in total. The molecule has 2 heterocycles. The molecule has 1 aromatic rings. The molecule has 0 bridgehead atoms. The third-order valence-corrected chi connectivity index (χ3v) is 3.19. The Hall–Kier alpha value is -1.33. The molecule has 1 saturated heterocycles. The molecule has 1 aliphatic rings. The minimum absolute atomic E-state index is 0.0223.